The van der Waals surface area contributed by atoms with Crippen LogP contribution < -0.4 is 0 Å². The van der Waals surface area contributed by atoms with Gasteiger partial charge in [-0.2, -0.15) is 0 Å². The quantitative estimate of drug-likeness (QED) is 0.536. The van der Waals surface area contributed by atoms with Crippen LogP contribution in [0, 0.1) is 17.3 Å². The molecule has 0 aliphatic heterocycles. The van der Waals surface area contributed by atoms with Gasteiger partial charge in [0.05, 0.1) is 0 Å². The van der Waals surface area contributed by atoms with Crippen LogP contribution in [0.3, 0.4) is 0 Å². The van der Waals surface area contributed by atoms with Crippen molar-refractivity contribution in [3.8, 4) is 0 Å². The molecule has 4 rings (SSSR count). The summed E-state index contributed by atoms with van der Waals surface area (Å²) in [4.78, 5) is 12.1. The third kappa shape index (κ3) is 1.04. The molecule has 3 atom stereocenters. The Balaban J connectivity index is 1.96. The summed E-state index contributed by atoms with van der Waals surface area (Å²) >= 11 is 0. The van der Waals surface area contributed by atoms with Crippen LogP contribution in [0.15, 0.2) is 12.2 Å². The molecule has 0 aromatic rings. The minimum Gasteiger partial charge on any atom is -0.299 e. The highest BCUT2D eigenvalue weighted by molar-refractivity contribution is 5.86. The Kier molecular flexibility index (Phi) is 1.83. The van der Waals surface area contributed by atoms with Gasteiger partial charge in [-0.15, -0.1) is 0 Å². The molecule has 4 aliphatic carbocycles. The Morgan fingerprint density at radius 1 is 1.21 bits per heavy atom. The second kappa shape index (κ2) is 2.95. The highest BCUT2D eigenvalue weighted by atomic mass is 16.1. The molecule has 0 aromatic carbocycles. The number of rotatable bonds is 0. The van der Waals surface area contributed by atoms with Crippen LogP contribution in [0.5, 0.6) is 0 Å². The highest BCUT2D eigenvalue weighted by Gasteiger charge is 2.50. The SMILES string of the molecule is O=C1CCCCC12CC1C=CC2CC1. The summed E-state index contributed by atoms with van der Waals surface area (Å²) < 4.78 is 0. The van der Waals surface area contributed by atoms with Crippen LogP contribution in [0.2, 0.25) is 0 Å². The predicted molar refractivity (Wildman–Crippen MR) is 55.9 cm³/mol. The normalized spacial score (nSPS) is 46.1. The molecule has 0 radical (unpaired) electrons. The van der Waals surface area contributed by atoms with Crippen LogP contribution in [0.1, 0.15) is 44.9 Å². The van der Waals surface area contributed by atoms with E-state index >= 15 is 0 Å². The molecule has 1 spiro atoms. The zero-order valence-corrected chi connectivity index (χ0v) is 8.67. The number of ketones is 1. The lowest BCUT2D eigenvalue weighted by atomic mass is 9.54. The second-order valence-electron chi connectivity index (χ2n) is 5.32. The van der Waals surface area contributed by atoms with E-state index in [9.17, 15) is 4.79 Å². The van der Waals surface area contributed by atoms with E-state index in [1.807, 2.05) is 0 Å². The maximum atomic E-state index is 12.1. The van der Waals surface area contributed by atoms with Crippen molar-refractivity contribution < 1.29 is 4.79 Å². The van der Waals surface area contributed by atoms with Gasteiger partial charge < -0.3 is 0 Å². The van der Waals surface area contributed by atoms with Gasteiger partial charge in [-0.3, -0.25) is 4.79 Å². The lowest BCUT2D eigenvalue weighted by Gasteiger charge is -2.49. The molecule has 0 heterocycles. The second-order valence-corrected chi connectivity index (χ2v) is 5.32. The van der Waals surface area contributed by atoms with Gasteiger partial charge in [0.1, 0.15) is 5.78 Å². The van der Waals surface area contributed by atoms with E-state index in [1.54, 1.807) is 0 Å². The molecule has 1 heteroatoms. The van der Waals surface area contributed by atoms with Crippen LogP contribution in [0.4, 0.5) is 0 Å². The lowest BCUT2D eigenvalue weighted by Crippen LogP contribution is -2.46. The zero-order valence-electron chi connectivity index (χ0n) is 8.67. The van der Waals surface area contributed by atoms with E-state index in [0.717, 1.165) is 18.8 Å². The molecule has 0 aromatic heterocycles. The van der Waals surface area contributed by atoms with Crippen molar-refractivity contribution in [2.24, 2.45) is 17.3 Å². The summed E-state index contributed by atoms with van der Waals surface area (Å²) in [6, 6.07) is 0. The van der Waals surface area contributed by atoms with E-state index in [0.29, 0.717) is 11.7 Å². The highest BCUT2D eigenvalue weighted by Crippen LogP contribution is 2.54. The van der Waals surface area contributed by atoms with Crippen LogP contribution in [0.25, 0.3) is 0 Å². The van der Waals surface area contributed by atoms with E-state index in [4.69, 9.17) is 0 Å². The predicted octanol–water partition coefficient (Wildman–Crippen LogP) is 3.10. The molecule has 0 amide bonds. The summed E-state index contributed by atoms with van der Waals surface area (Å²) in [6.45, 7) is 0. The van der Waals surface area contributed by atoms with Crippen molar-refractivity contribution in [3.63, 3.8) is 0 Å². The van der Waals surface area contributed by atoms with Gasteiger partial charge in [-0.05, 0) is 43.9 Å². The number of Topliss-reactive ketones (excluding diaryl/α,β-unsaturated/α-hetero) is 1. The maximum absolute atomic E-state index is 12.1. The van der Waals surface area contributed by atoms with Gasteiger partial charge in [0.2, 0.25) is 0 Å². The van der Waals surface area contributed by atoms with E-state index in [2.05, 4.69) is 12.2 Å². The molecule has 2 fully saturated rings. The fourth-order valence-corrected chi connectivity index (χ4v) is 3.85. The first-order chi connectivity index (χ1) is 6.81. The minimum atomic E-state index is 0.107. The number of carbonyl (C=O) groups excluding carboxylic acids is 1. The Labute approximate surface area is 85.6 Å². The first-order valence-corrected chi connectivity index (χ1v) is 6.03. The maximum Gasteiger partial charge on any atom is 0.139 e. The van der Waals surface area contributed by atoms with Crippen LogP contribution in [-0.2, 0) is 4.79 Å². The number of allylic oxidation sites excluding steroid dienone is 2. The topological polar surface area (TPSA) is 17.1 Å². The van der Waals surface area contributed by atoms with Gasteiger partial charge in [0, 0.05) is 11.8 Å². The van der Waals surface area contributed by atoms with Crippen LogP contribution in [-0.4, -0.2) is 5.78 Å². The number of hydrogen-bond donors (Lipinski definition) is 0. The molecule has 76 valence electrons. The number of hydrogen-bond acceptors (Lipinski definition) is 1. The van der Waals surface area contributed by atoms with Crippen molar-refractivity contribution in [1.29, 1.82) is 0 Å². The third-order valence-corrected chi connectivity index (χ3v) is 4.63. The van der Waals surface area contributed by atoms with Gasteiger partial charge >= 0.3 is 0 Å². The van der Waals surface area contributed by atoms with Crippen molar-refractivity contribution in [2.75, 3.05) is 0 Å². The standard InChI is InChI=1S/C13H18O/c14-12-3-1-2-8-13(12)9-10-4-6-11(13)7-5-10/h4,6,10-11H,1-3,5,7-9H2. The lowest BCUT2D eigenvalue weighted by molar-refractivity contribution is -0.137. The molecular weight excluding hydrogens is 172 g/mol. The summed E-state index contributed by atoms with van der Waals surface area (Å²) in [5.74, 6) is 1.91. The Morgan fingerprint density at radius 2 is 2.14 bits per heavy atom. The van der Waals surface area contributed by atoms with Crippen molar-refractivity contribution in [2.45, 2.75) is 44.9 Å². The first-order valence-electron chi connectivity index (χ1n) is 6.03. The molecule has 2 bridgehead atoms. The van der Waals surface area contributed by atoms with Gasteiger partial charge in [-0.25, -0.2) is 0 Å². The van der Waals surface area contributed by atoms with E-state index in [1.165, 1.54) is 32.1 Å². The molecule has 3 unspecified atom stereocenters. The van der Waals surface area contributed by atoms with Crippen molar-refractivity contribution >= 4 is 5.78 Å². The summed E-state index contributed by atoms with van der Waals surface area (Å²) in [7, 11) is 0. The fourth-order valence-electron chi connectivity index (χ4n) is 3.85. The van der Waals surface area contributed by atoms with Crippen LogP contribution >= 0.6 is 0 Å². The Hall–Kier alpha value is -0.590. The molecule has 2 saturated carbocycles. The van der Waals surface area contributed by atoms with Gasteiger partial charge in [0.15, 0.2) is 0 Å². The summed E-state index contributed by atoms with van der Waals surface area (Å²) in [5.41, 5.74) is 0.107. The first kappa shape index (κ1) is 8.70. The largest absolute Gasteiger partial charge is 0.299 e. The monoisotopic (exact) mass is 190 g/mol. The molecule has 1 nitrogen and oxygen atoms in total. The zero-order chi connectivity index (χ0) is 9.60. The average molecular weight is 190 g/mol. The van der Waals surface area contributed by atoms with Crippen molar-refractivity contribution in [1.82, 2.24) is 0 Å². The Morgan fingerprint density at radius 3 is 2.71 bits per heavy atom. The van der Waals surface area contributed by atoms with Crippen molar-refractivity contribution in [3.05, 3.63) is 12.2 Å². The van der Waals surface area contributed by atoms with E-state index < -0.39 is 0 Å². The number of fused-ring (bicyclic) bond motifs is 1. The smallest absolute Gasteiger partial charge is 0.139 e. The molecule has 4 aliphatic rings. The minimum absolute atomic E-state index is 0.107. The van der Waals surface area contributed by atoms with Gasteiger partial charge in [-0.1, -0.05) is 18.6 Å². The fraction of sp³-hybridized carbons (Fsp3) is 0.769. The Bertz CT molecular complexity index is 292. The van der Waals surface area contributed by atoms with E-state index in [-0.39, 0.29) is 5.41 Å². The number of carbonyl (C=O) groups is 1. The molecular formula is C13H18O. The molecule has 0 N–H and O–H groups in total. The summed E-state index contributed by atoms with van der Waals surface area (Å²) in [5, 5.41) is 0. The van der Waals surface area contributed by atoms with Gasteiger partial charge in [0.25, 0.3) is 0 Å². The molecule has 0 saturated heterocycles. The molecule has 14 heavy (non-hydrogen) atoms. The average Bonchev–Trinajstić information content (AvgIpc) is 2.24. The summed E-state index contributed by atoms with van der Waals surface area (Å²) in [6.07, 6.45) is 12.9. The third-order valence-electron chi connectivity index (χ3n) is 4.63.